The predicted octanol–water partition coefficient (Wildman–Crippen LogP) is -0.907. The van der Waals surface area contributed by atoms with E-state index in [0.29, 0.717) is 5.56 Å². The van der Waals surface area contributed by atoms with Crippen molar-refractivity contribution in [2.75, 3.05) is 6.54 Å². The second kappa shape index (κ2) is 11.6. The molecule has 12 nitrogen and oxygen atoms in total. The fourth-order valence-electron chi connectivity index (χ4n) is 3.13. The molecular weight excluding hydrogens is 434 g/mol. The standard InChI is InChI=1S/C21H27N5O7/c1-11(22)19(31)25-15(6-7-17(27)28)21(33)26-16(20(32)24-10-18(29)30)8-12-9-23-14-5-3-2-4-13(12)14/h2-5,9,11,15-16,23H,6-8,10,22H2,1H3,(H,24,32)(H,25,31)(H,26,33)(H,27,28)(H,29,30)/t11-,15+,16+/m0/s1. The molecule has 1 aromatic carbocycles. The molecule has 1 heterocycles. The average molecular weight is 461 g/mol. The van der Waals surface area contributed by atoms with Crippen molar-refractivity contribution < 1.29 is 34.2 Å². The summed E-state index contributed by atoms with van der Waals surface area (Å²) in [4.78, 5) is 62.4. The third-order valence-electron chi connectivity index (χ3n) is 4.84. The minimum absolute atomic E-state index is 0.0219. The molecule has 0 fully saturated rings. The lowest BCUT2D eigenvalue weighted by atomic mass is 10.0. The molecule has 0 spiro atoms. The number of aromatic nitrogens is 1. The highest BCUT2D eigenvalue weighted by Gasteiger charge is 2.28. The third kappa shape index (κ3) is 7.61. The zero-order valence-electron chi connectivity index (χ0n) is 18.0. The van der Waals surface area contributed by atoms with Gasteiger partial charge in [-0.1, -0.05) is 18.2 Å². The van der Waals surface area contributed by atoms with Crippen molar-refractivity contribution in [3.05, 3.63) is 36.0 Å². The summed E-state index contributed by atoms with van der Waals surface area (Å²) in [6.45, 7) is 0.754. The number of benzene rings is 1. The van der Waals surface area contributed by atoms with E-state index in [1.807, 2.05) is 24.3 Å². The number of rotatable bonds is 12. The summed E-state index contributed by atoms with van der Waals surface area (Å²) in [5.74, 6) is -4.63. The molecule has 0 bridgehead atoms. The Morgan fingerprint density at radius 3 is 2.27 bits per heavy atom. The van der Waals surface area contributed by atoms with Crippen molar-refractivity contribution in [1.82, 2.24) is 20.9 Å². The van der Waals surface area contributed by atoms with Gasteiger partial charge in [0.1, 0.15) is 18.6 Å². The number of carbonyl (C=O) groups excluding carboxylic acids is 3. The monoisotopic (exact) mass is 461 g/mol. The van der Waals surface area contributed by atoms with E-state index < -0.39 is 60.8 Å². The maximum Gasteiger partial charge on any atom is 0.322 e. The normalized spacial score (nSPS) is 13.5. The van der Waals surface area contributed by atoms with E-state index in [2.05, 4.69) is 20.9 Å². The third-order valence-corrected chi connectivity index (χ3v) is 4.84. The molecule has 0 radical (unpaired) electrons. The molecule has 178 valence electrons. The Kier molecular flexibility index (Phi) is 8.92. The smallest absolute Gasteiger partial charge is 0.322 e. The van der Waals surface area contributed by atoms with Crippen LogP contribution in [-0.4, -0.2) is 69.5 Å². The topological polar surface area (TPSA) is 204 Å². The summed E-state index contributed by atoms with van der Waals surface area (Å²) in [5.41, 5.74) is 7.03. The zero-order chi connectivity index (χ0) is 24.5. The molecule has 0 saturated carbocycles. The molecule has 3 atom stereocenters. The maximum absolute atomic E-state index is 12.9. The van der Waals surface area contributed by atoms with Gasteiger partial charge in [0.2, 0.25) is 17.7 Å². The van der Waals surface area contributed by atoms with Crippen molar-refractivity contribution in [2.24, 2.45) is 5.73 Å². The molecule has 3 amide bonds. The number of nitrogens with one attached hydrogen (secondary N) is 4. The fraction of sp³-hybridized carbons (Fsp3) is 0.381. The van der Waals surface area contributed by atoms with E-state index in [-0.39, 0.29) is 12.8 Å². The van der Waals surface area contributed by atoms with Gasteiger partial charge in [0, 0.05) is 29.9 Å². The van der Waals surface area contributed by atoms with Crippen molar-refractivity contribution >= 4 is 40.6 Å². The highest BCUT2D eigenvalue weighted by Crippen LogP contribution is 2.19. The summed E-state index contributed by atoms with van der Waals surface area (Å²) >= 11 is 0. The number of carbonyl (C=O) groups is 5. The van der Waals surface area contributed by atoms with Crippen LogP contribution in [0.3, 0.4) is 0 Å². The van der Waals surface area contributed by atoms with E-state index in [4.69, 9.17) is 15.9 Å². The lowest BCUT2D eigenvalue weighted by Crippen LogP contribution is -2.56. The fourth-order valence-corrected chi connectivity index (χ4v) is 3.13. The SMILES string of the molecule is C[C@H](N)C(=O)N[C@H](CCC(=O)O)C(=O)N[C@H](Cc1c[nH]c2ccccc12)C(=O)NCC(=O)O. The summed E-state index contributed by atoms with van der Waals surface area (Å²) in [6, 6.07) is 3.92. The molecular formula is C21H27N5O7. The van der Waals surface area contributed by atoms with E-state index in [0.717, 1.165) is 10.9 Å². The molecule has 0 aliphatic carbocycles. The average Bonchev–Trinajstić information content (AvgIpc) is 3.16. The van der Waals surface area contributed by atoms with Gasteiger partial charge in [-0.2, -0.15) is 0 Å². The van der Waals surface area contributed by atoms with Gasteiger partial charge in [-0.15, -0.1) is 0 Å². The predicted molar refractivity (Wildman–Crippen MR) is 117 cm³/mol. The molecule has 1 aromatic heterocycles. The Balaban J connectivity index is 2.24. The van der Waals surface area contributed by atoms with E-state index >= 15 is 0 Å². The number of hydrogen-bond donors (Lipinski definition) is 7. The van der Waals surface area contributed by atoms with Crippen LogP contribution in [0.15, 0.2) is 30.5 Å². The molecule has 33 heavy (non-hydrogen) atoms. The first-order valence-corrected chi connectivity index (χ1v) is 10.2. The molecule has 2 rings (SSSR count). The van der Waals surface area contributed by atoms with Crippen LogP contribution in [0.25, 0.3) is 10.9 Å². The van der Waals surface area contributed by atoms with Gasteiger partial charge in [-0.05, 0) is 25.0 Å². The molecule has 0 saturated heterocycles. The molecule has 12 heteroatoms. The summed E-state index contributed by atoms with van der Waals surface area (Å²) in [6.07, 6.45) is 1.06. The Hall–Kier alpha value is -3.93. The summed E-state index contributed by atoms with van der Waals surface area (Å²) in [7, 11) is 0. The van der Waals surface area contributed by atoms with Gasteiger partial charge in [-0.3, -0.25) is 24.0 Å². The number of nitrogens with two attached hydrogens (primary N) is 1. The number of fused-ring (bicyclic) bond motifs is 1. The van der Waals surface area contributed by atoms with Crippen LogP contribution in [0.2, 0.25) is 0 Å². The van der Waals surface area contributed by atoms with E-state index in [1.165, 1.54) is 6.92 Å². The van der Waals surface area contributed by atoms with Crippen LogP contribution in [0.5, 0.6) is 0 Å². The second-order valence-electron chi connectivity index (χ2n) is 7.52. The van der Waals surface area contributed by atoms with Crippen molar-refractivity contribution in [3.8, 4) is 0 Å². The molecule has 0 aliphatic rings. The lowest BCUT2D eigenvalue weighted by Gasteiger charge is -2.23. The number of aromatic amines is 1. The number of para-hydroxylation sites is 1. The van der Waals surface area contributed by atoms with Gasteiger partial charge >= 0.3 is 11.9 Å². The number of H-pyrrole nitrogens is 1. The van der Waals surface area contributed by atoms with Crippen molar-refractivity contribution in [3.63, 3.8) is 0 Å². The lowest BCUT2D eigenvalue weighted by molar-refractivity contribution is -0.138. The van der Waals surface area contributed by atoms with Crippen LogP contribution in [0.4, 0.5) is 0 Å². The number of carboxylic acids is 2. The maximum atomic E-state index is 12.9. The van der Waals surface area contributed by atoms with E-state index in [1.54, 1.807) is 6.20 Å². The molecule has 8 N–H and O–H groups in total. The minimum atomic E-state index is -1.26. The van der Waals surface area contributed by atoms with Gasteiger partial charge in [0.15, 0.2) is 0 Å². The molecule has 0 unspecified atom stereocenters. The first kappa shape index (κ1) is 25.3. The van der Waals surface area contributed by atoms with Crippen LogP contribution in [0.1, 0.15) is 25.3 Å². The van der Waals surface area contributed by atoms with Gasteiger partial charge in [0.25, 0.3) is 0 Å². The van der Waals surface area contributed by atoms with Gasteiger partial charge < -0.3 is 36.9 Å². The van der Waals surface area contributed by atoms with Crippen LogP contribution < -0.4 is 21.7 Å². The first-order chi connectivity index (χ1) is 15.6. The minimum Gasteiger partial charge on any atom is -0.481 e. The Labute approximate surface area is 188 Å². The number of carboxylic acid groups (broad SMARTS) is 2. The summed E-state index contributed by atoms with van der Waals surface area (Å²) in [5, 5.41) is 25.8. The highest BCUT2D eigenvalue weighted by molar-refractivity contribution is 5.94. The Morgan fingerprint density at radius 2 is 1.64 bits per heavy atom. The number of amides is 3. The first-order valence-electron chi connectivity index (χ1n) is 10.2. The quantitative estimate of drug-likeness (QED) is 0.210. The van der Waals surface area contributed by atoms with Gasteiger partial charge in [0.05, 0.1) is 6.04 Å². The summed E-state index contributed by atoms with van der Waals surface area (Å²) < 4.78 is 0. The largest absolute Gasteiger partial charge is 0.481 e. The molecule has 0 aliphatic heterocycles. The zero-order valence-corrected chi connectivity index (χ0v) is 18.0. The van der Waals surface area contributed by atoms with Crippen molar-refractivity contribution in [1.29, 1.82) is 0 Å². The highest BCUT2D eigenvalue weighted by atomic mass is 16.4. The van der Waals surface area contributed by atoms with Crippen LogP contribution in [-0.2, 0) is 30.4 Å². The molecule has 2 aromatic rings. The van der Waals surface area contributed by atoms with Gasteiger partial charge in [-0.25, -0.2) is 0 Å². The Morgan fingerprint density at radius 1 is 0.970 bits per heavy atom. The second-order valence-corrected chi connectivity index (χ2v) is 7.52. The Bertz CT molecular complexity index is 1030. The van der Waals surface area contributed by atoms with E-state index in [9.17, 15) is 24.0 Å². The number of aliphatic carboxylic acids is 2. The number of hydrogen-bond acceptors (Lipinski definition) is 6. The van der Waals surface area contributed by atoms with Crippen LogP contribution in [0, 0.1) is 0 Å². The van der Waals surface area contributed by atoms with Crippen LogP contribution >= 0.6 is 0 Å². The van der Waals surface area contributed by atoms with Crippen molar-refractivity contribution in [2.45, 2.75) is 44.3 Å².